The number of nitrogens with one attached hydrogen (secondary N) is 1. The van der Waals surface area contributed by atoms with Crippen LogP contribution >= 0.6 is 0 Å². The molecule has 0 unspecified atom stereocenters. The Balaban J connectivity index is 1.24. The smallest absolute Gasteiger partial charge is 0.291 e. The van der Waals surface area contributed by atoms with Crippen molar-refractivity contribution in [3.63, 3.8) is 0 Å². The molecule has 4 heterocycles. The monoisotopic (exact) mass is 493 g/mol. The quantitative estimate of drug-likeness (QED) is 0.420. The number of carbonyl (C=O) groups is 1. The number of nitrogens with zero attached hydrogens (tertiary/aromatic N) is 7. The molecule has 1 fully saturated rings. The number of fused-ring (bicyclic) bond motifs is 1. The van der Waals surface area contributed by atoms with Crippen molar-refractivity contribution in [2.45, 2.75) is 39.3 Å². The van der Waals surface area contributed by atoms with Crippen LogP contribution in [0.15, 0.2) is 36.8 Å². The molecule has 3 N–H and O–H groups in total. The van der Waals surface area contributed by atoms with E-state index in [0.717, 1.165) is 21.9 Å². The Hall–Kier alpha value is -4.22. The summed E-state index contributed by atoms with van der Waals surface area (Å²) in [4.78, 5) is 31.0. The predicted molar refractivity (Wildman–Crippen MR) is 130 cm³/mol. The summed E-state index contributed by atoms with van der Waals surface area (Å²) in [6, 6.07) is 5.71. The lowest BCUT2D eigenvalue weighted by atomic mass is 10.0. The van der Waals surface area contributed by atoms with Gasteiger partial charge in [0.2, 0.25) is 11.8 Å². The molecular weight excluding hydrogens is 468 g/mol. The molecule has 0 bridgehead atoms. The molecule has 1 aromatic carbocycles. The summed E-state index contributed by atoms with van der Waals surface area (Å²) in [7, 11) is 0. The van der Waals surface area contributed by atoms with Gasteiger partial charge in [-0.3, -0.25) is 4.79 Å². The first-order valence-corrected chi connectivity index (χ1v) is 11.5. The number of nitrogen functional groups attached to an aromatic ring is 1. The number of benzene rings is 1. The van der Waals surface area contributed by atoms with E-state index in [4.69, 9.17) is 5.73 Å². The normalized spacial score (nSPS) is 14.9. The summed E-state index contributed by atoms with van der Waals surface area (Å²) in [5.74, 6) is -1.77. The topological polar surface area (TPSA) is 128 Å². The van der Waals surface area contributed by atoms with Crippen LogP contribution in [0.25, 0.3) is 10.8 Å². The molecule has 1 aliphatic rings. The van der Waals surface area contributed by atoms with Gasteiger partial charge in [0, 0.05) is 49.1 Å². The summed E-state index contributed by atoms with van der Waals surface area (Å²) in [5, 5.41) is 9.05. The zero-order valence-corrected chi connectivity index (χ0v) is 19.9. The van der Waals surface area contributed by atoms with Crippen molar-refractivity contribution in [3.8, 4) is 0 Å². The first-order valence-electron chi connectivity index (χ1n) is 11.5. The van der Waals surface area contributed by atoms with E-state index in [1.165, 1.54) is 4.90 Å². The van der Waals surface area contributed by atoms with Gasteiger partial charge in [0.25, 0.3) is 11.8 Å². The van der Waals surface area contributed by atoms with Gasteiger partial charge in [0.15, 0.2) is 0 Å². The lowest BCUT2D eigenvalue weighted by Crippen LogP contribution is -2.26. The summed E-state index contributed by atoms with van der Waals surface area (Å²) in [5.41, 5.74) is 8.63. The number of aromatic nitrogens is 6. The fourth-order valence-corrected chi connectivity index (χ4v) is 4.26. The molecule has 1 aliphatic heterocycles. The van der Waals surface area contributed by atoms with Crippen LogP contribution in [0.3, 0.4) is 0 Å². The van der Waals surface area contributed by atoms with Crippen LogP contribution in [0.2, 0.25) is 0 Å². The van der Waals surface area contributed by atoms with Crippen LogP contribution < -0.4 is 16.0 Å². The third-order valence-electron chi connectivity index (χ3n) is 6.33. The number of hydrogen-bond acceptors (Lipinski definition) is 8. The van der Waals surface area contributed by atoms with Gasteiger partial charge in [0.1, 0.15) is 11.6 Å². The number of pyridine rings is 1. The minimum Gasteiger partial charge on any atom is -0.383 e. The number of amides is 1. The van der Waals surface area contributed by atoms with Crippen LogP contribution in [0.1, 0.15) is 39.6 Å². The van der Waals surface area contributed by atoms with Gasteiger partial charge in [0.05, 0.1) is 13.1 Å². The summed E-state index contributed by atoms with van der Waals surface area (Å²) < 4.78 is 28.5. The first kappa shape index (κ1) is 23.5. The van der Waals surface area contributed by atoms with E-state index in [9.17, 15) is 13.6 Å². The Morgan fingerprint density at radius 3 is 2.64 bits per heavy atom. The molecule has 1 saturated heterocycles. The molecule has 0 radical (unpaired) electrons. The number of anilines is 2. The average Bonchev–Trinajstić information content (AvgIpc) is 3.41. The Morgan fingerprint density at radius 1 is 1.14 bits per heavy atom. The third kappa shape index (κ3) is 4.66. The predicted octanol–water partition coefficient (Wildman–Crippen LogP) is 2.64. The zero-order valence-electron chi connectivity index (χ0n) is 19.9. The molecule has 0 spiro atoms. The number of rotatable bonds is 6. The summed E-state index contributed by atoms with van der Waals surface area (Å²) >= 11 is 0. The minimum atomic E-state index is -2.71. The van der Waals surface area contributed by atoms with Crippen LogP contribution in [0, 0.1) is 13.8 Å². The first-order chi connectivity index (χ1) is 17.2. The second-order valence-corrected chi connectivity index (χ2v) is 8.88. The Morgan fingerprint density at radius 2 is 1.92 bits per heavy atom. The molecule has 36 heavy (non-hydrogen) atoms. The van der Waals surface area contributed by atoms with Crippen molar-refractivity contribution in [1.82, 2.24) is 35.0 Å². The highest BCUT2D eigenvalue weighted by atomic mass is 19.3. The highest BCUT2D eigenvalue weighted by Crippen LogP contribution is 2.29. The van der Waals surface area contributed by atoms with Crippen LogP contribution in [0.4, 0.5) is 20.5 Å². The Kier molecular flexibility index (Phi) is 5.94. The van der Waals surface area contributed by atoms with Crippen molar-refractivity contribution in [3.05, 3.63) is 65.1 Å². The van der Waals surface area contributed by atoms with Crippen LogP contribution in [-0.4, -0.2) is 54.6 Å². The molecule has 10 nitrogen and oxygen atoms in total. The van der Waals surface area contributed by atoms with Crippen molar-refractivity contribution in [2.24, 2.45) is 0 Å². The number of aryl methyl sites for hydroxylation is 2. The van der Waals surface area contributed by atoms with Gasteiger partial charge in [-0.25, -0.2) is 33.4 Å². The van der Waals surface area contributed by atoms with E-state index < -0.39 is 11.8 Å². The fraction of sp³-hybridized carbons (Fsp3) is 0.333. The van der Waals surface area contributed by atoms with Crippen molar-refractivity contribution in [1.29, 1.82) is 0 Å². The fourth-order valence-electron chi connectivity index (χ4n) is 4.26. The molecule has 4 aromatic rings. The van der Waals surface area contributed by atoms with Gasteiger partial charge in [-0.05, 0) is 36.4 Å². The number of nitrogens with two attached hydrogens (primary N) is 1. The van der Waals surface area contributed by atoms with Crippen LogP contribution in [-0.2, 0) is 13.1 Å². The molecule has 5 rings (SSSR count). The van der Waals surface area contributed by atoms with Crippen molar-refractivity contribution < 1.29 is 13.6 Å². The Bertz CT molecular complexity index is 1440. The second kappa shape index (κ2) is 9.10. The molecular formula is C24H25F2N9O. The number of alkyl halides is 2. The maximum Gasteiger partial charge on any atom is 0.291 e. The van der Waals surface area contributed by atoms with Gasteiger partial charge in [-0.1, -0.05) is 12.1 Å². The zero-order chi connectivity index (χ0) is 25.4. The van der Waals surface area contributed by atoms with E-state index in [-0.39, 0.29) is 31.3 Å². The van der Waals surface area contributed by atoms with E-state index >= 15 is 0 Å². The maximum atomic E-state index is 13.5. The summed E-state index contributed by atoms with van der Waals surface area (Å²) in [6.45, 7) is 4.16. The SMILES string of the molecule is Cc1c(CNC(=O)c2nc(C)n(Cc3cnc(N4CCC(F)(F)C4)nc3)n2)ccc2c(N)nccc12. The number of hydrogen-bond donors (Lipinski definition) is 2. The molecule has 0 aliphatic carbocycles. The lowest BCUT2D eigenvalue weighted by Gasteiger charge is -2.15. The second-order valence-electron chi connectivity index (χ2n) is 8.88. The standard InChI is InChI=1S/C24H25F2N9O/c1-14-17(3-4-19-18(14)5-7-28-20(19)27)11-29-22(36)21-32-15(2)35(33-21)12-16-9-30-23(31-10-16)34-8-6-24(25,26)13-34/h3-5,7,9-10H,6,8,11-13H2,1-2H3,(H2,27,28)(H,29,36). The minimum absolute atomic E-state index is 0.0521. The highest BCUT2D eigenvalue weighted by Gasteiger charge is 2.39. The maximum absolute atomic E-state index is 13.5. The van der Waals surface area contributed by atoms with Crippen molar-refractivity contribution >= 4 is 28.4 Å². The van der Waals surface area contributed by atoms with Gasteiger partial charge >= 0.3 is 0 Å². The van der Waals surface area contributed by atoms with E-state index in [0.29, 0.717) is 30.3 Å². The molecule has 0 saturated carbocycles. The van der Waals surface area contributed by atoms with E-state index in [1.54, 1.807) is 30.2 Å². The Labute approximate surface area is 205 Å². The molecule has 0 atom stereocenters. The van der Waals surface area contributed by atoms with Crippen LogP contribution in [0.5, 0.6) is 0 Å². The third-order valence-corrected chi connectivity index (χ3v) is 6.33. The number of halogens is 2. The molecule has 12 heteroatoms. The largest absolute Gasteiger partial charge is 0.383 e. The lowest BCUT2D eigenvalue weighted by molar-refractivity contribution is 0.0256. The highest BCUT2D eigenvalue weighted by molar-refractivity contribution is 5.94. The van der Waals surface area contributed by atoms with E-state index in [2.05, 4.69) is 30.4 Å². The van der Waals surface area contributed by atoms with Gasteiger partial charge < -0.3 is 16.0 Å². The molecule has 3 aromatic heterocycles. The summed E-state index contributed by atoms with van der Waals surface area (Å²) in [6.07, 6.45) is 4.61. The van der Waals surface area contributed by atoms with E-state index in [1.807, 2.05) is 25.1 Å². The average molecular weight is 494 g/mol. The van der Waals surface area contributed by atoms with Gasteiger partial charge in [-0.2, -0.15) is 0 Å². The van der Waals surface area contributed by atoms with Crippen molar-refractivity contribution in [2.75, 3.05) is 23.7 Å². The van der Waals surface area contributed by atoms with Gasteiger partial charge in [-0.15, -0.1) is 5.10 Å². The molecule has 1 amide bonds. The molecule has 186 valence electrons. The number of carbonyl (C=O) groups excluding carboxylic acids is 1.